The number of carbonyl (C=O) groups excluding carboxylic acids is 1. The standard InChI is InChI=1S/C22H22ClN3O4S/c1-30-20-11-10-18(23)13-21(20)31(28,29)26(15-17-7-3-2-4-8-17)16-22(27)25-14-19-9-5-6-12-24-19/h2-13H,14-16H2,1H3,(H,25,27). The summed E-state index contributed by atoms with van der Waals surface area (Å²) in [6, 6.07) is 18.7. The Bertz CT molecular complexity index is 1130. The summed E-state index contributed by atoms with van der Waals surface area (Å²) in [6.45, 7) is -0.172. The van der Waals surface area contributed by atoms with Crippen molar-refractivity contribution in [3.8, 4) is 5.75 Å². The number of sulfonamides is 1. The Labute approximate surface area is 186 Å². The van der Waals surface area contributed by atoms with E-state index in [1.54, 1.807) is 48.7 Å². The van der Waals surface area contributed by atoms with Gasteiger partial charge in [0.15, 0.2) is 0 Å². The topological polar surface area (TPSA) is 88.6 Å². The highest BCUT2D eigenvalue weighted by molar-refractivity contribution is 7.89. The minimum atomic E-state index is -4.10. The molecule has 31 heavy (non-hydrogen) atoms. The maximum atomic E-state index is 13.5. The van der Waals surface area contributed by atoms with Gasteiger partial charge in [-0.3, -0.25) is 9.78 Å². The number of amides is 1. The molecule has 0 aliphatic carbocycles. The molecular weight excluding hydrogens is 438 g/mol. The summed E-state index contributed by atoms with van der Waals surface area (Å²) >= 11 is 6.04. The van der Waals surface area contributed by atoms with Crippen LogP contribution in [-0.4, -0.2) is 37.3 Å². The number of methoxy groups -OCH3 is 1. The van der Waals surface area contributed by atoms with Gasteiger partial charge in [0.1, 0.15) is 10.6 Å². The molecule has 0 atom stereocenters. The van der Waals surface area contributed by atoms with Gasteiger partial charge in [0.05, 0.1) is 25.9 Å². The van der Waals surface area contributed by atoms with E-state index >= 15 is 0 Å². The summed E-state index contributed by atoms with van der Waals surface area (Å²) in [7, 11) is -2.72. The predicted molar refractivity (Wildman–Crippen MR) is 118 cm³/mol. The highest BCUT2D eigenvalue weighted by Crippen LogP contribution is 2.30. The number of hydrogen-bond acceptors (Lipinski definition) is 5. The van der Waals surface area contributed by atoms with E-state index in [4.69, 9.17) is 16.3 Å². The predicted octanol–water partition coefficient (Wildman–Crippen LogP) is 3.25. The van der Waals surface area contributed by atoms with Crippen molar-refractivity contribution in [2.24, 2.45) is 0 Å². The van der Waals surface area contributed by atoms with E-state index in [9.17, 15) is 13.2 Å². The number of nitrogens with one attached hydrogen (secondary N) is 1. The highest BCUT2D eigenvalue weighted by Gasteiger charge is 2.30. The normalized spacial score (nSPS) is 11.3. The van der Waals surface area contributed by atoms with Crippen LogP contribution in [-0.2, 0) is 27.9 Å². The van der Waals surface area contributed by atoms with Gasteiger partial charge in [0, 0.05) is 17.8 Å². The number of aromatic nitrogens is 1. The Morgan fingerprint density at radius 1 is 1.10 bits per heavy atom. The van der Waals surface area contributed by atoms with Gasteiger partial charge in [-0.15, -0.1) is 0 Å². The SMILES string of the molecule is COc1ccc(Cl)cc1S(=O)(=O)N(CC(=O)NCc1ccccn1)Cc1ccccc1. The summed E-state index contributed by atoms with van der Waals surface area (Å²) in [5.74, 6) is -0.303. The summed E-state index contributed by atoms with van der Waals surface area (Å²) in [5, 5.41) is 2.96. The molecule has 3 rings (SSSR count). The molecule has 0 aliphatic rings. The lowest BCUT2D eigenvalue weighted by Crippen LogP contribution is -2.40. The second-order valence-electron chi connectivity index (χ2n) is 6.65. The molecular formula is C22H22ClN3O4S. The molecule has 0 fully saturated rings. The molecule has 0 saturated carbocycles. The van der Waals surface area contributed by atoms with Gasteiger partial charge in [-0.05, 0) is 35.9 Å². The van der Waals surface area contributed by atoms with Gasteiger partial charge in [0.25, 0.3) is 0 Å². The number of rotatable bonds is 9. The fraction of sp³-hybridized carbons (Fsp3) is 0.182. The first-order chi connectivity index (χ1) is 14.9. The van der Waals surface area contributed by atoms with Crippen molar-refractivity contribution < 1.29 is 17.9 Å². The van der Waals surface area contributed by atoms with Gasteiger partial charge in [-0.2, -0.15) is 4.31 Å². The molecule has 0 bridgehead atoms. The number of ether oxygens (including phenoxy) is 1. The zero-order valence-electron chi connectivity index (χ0n) is 16.9. The smallest absolute Gasteiger partial charge is 0.247 e. The van der Waals surface area contributed by atoms with Crippen LogP contribution in [0.1, 0.15) is 11.3 Å². The zero-order chi connectivity index (χ0) is 22.3. The summed E-state index contributed by atoms with van der Waals surface area (Å²) in [4.78, 5) is 16.7. The first kappa shape index (κ1) is 22.7. The number of halogens is 1. The molecule has 1 N–H and O–H groups in total. The van der Waals surface area contributed by atoms with E-state index in [-0.39, 0.29) is 35.3 Å². The fourth-order valence-corrected chi connectivity index (χ4v) is 4.71. The lowest BCUT2D eigenvalue weighted by molar-refractivity contribution is -0.121. The number of benzene rings is 2. The molecule has 3 aromatic rings. The molecule has 0 spiro atoms. The average molecular weight is 460 g/mol. The van der Waals surface area contributed by atoms with Crippen LogP contribution in [0.3, 0.4) is 0 Å². The molecule has 9 heteroatoms. The Morgan fingerprint density at radius 3 is 2.52 bits per heavy atom. The van der Waals surface area contributed by atoms with Gasteiger partial charge in [0.2, 0.25) is 15.9 Å². The Balaban J connectivity index is 1.87. The third-order valence-electron chi connectivity index (χ3n) is 4.46. The van der Waals surface area contributed by atoms with Crippen LogP contribution in [0.5, 0.6) is 5.75 Å². The van der Waals surface area contributed by atoms with Crippen molar-refractivity contribution in [1.82, 2.24) is 14.6 Å². The summed E-state index contributed by atoms with van der Waals surface area (Å²) < 4.78 is 33.3. The van der Waals surface area contributed by atoms with Gasteiger partial charge in [-0.1, -0.05) is 48.0 Å². The molecule has 0 radical (unpaired) electrons. The molecule has 0 unspecified atom stereocenters. The number of carbonyl (C=O) groups is 1. The molecule has 1 aromatic heterocycles. The zero-order valence-corrected chi connectivity index (χ0v) is 18.4. The van der Waals surface area contributed by atoms with Crippen LogP contribution >= 0.6 is 11.6 Å². The fourth-order valence-electron chi connectivity index (χ4n) is 2.91. The van der Waals surface area contributed by atoms with Gasteiger partial charge in [-0.25, -0.2) is 8.42 Å². The maximum absolute atomic E-state index is 13.5. The average Bonchev–Trinajstić information content (AvgIpc) is 2.78. The van der Waals surface area contributed by atoms with Crippen molar-refractivity contribution in [1.29, 1.82) is 0 Å². The second kappa shape index (κ2) is 10.4. The summed E-state index contributed by atoms with van der Waals surface area (Å²) in [6.07, 6.45) is 1.62. The Kier molecular flexibility index (Phi) is 7.62. The van der Waals surface area contributed by atoms with E-state index in [1.807, 2.05) is 12.1 Å². The third-order valence-corrected chi connectivity index (χ3v) is 6.51. The first-order valence-corrected chi connectivity index (χ1v) is 11.3. The van der Waals surface area contributed by atoms with E-state index < -0.39 is 15.9 Å². The molecule has 1 heterocycles. The van der Waals surface area contributed by atoms with E-state index in [1.165, 1.54) is 19.2 Å². The minimum absolute atomic E-state index is 0.00977. The summed E-state index contributed by atoms with van der Waals surface area (Å²) in [5.41, 5.74) is 1.41. The molecule has 0 aliphatic heterocycles. The Morgan fingerprint density at radius 2 is 1.84 bits per heavy atom. The van der Waals surface area contributed by atoms with Crippen molar-refractivity contribution in [2.45, 2.75) is 18.0 Å². The molecule has 162 valence electrons. The van der Waals surface area contributed by atoms with Crippen LogP contribution in [0.4, 0.5) is 0 Å². The number of pyridine rings is 1. The van der Waals surface area contributed by atoms with Gasteiger partial charge >= 0.3 is 0 Å². The lowest BCUT2D eigenvalue weighted by Gasteiger charge is -2.23. The molecule has 7 nitrogen and oxygen atoms in total. The third kappa shape index (κ3) is 6.04. The second-order valence-corrected chi connectivity index (χ2v) is 8.99. The monoisotopic (exact) mass is 459 g/mol. The van der Waals surface area contributed by atoms with E-state index in [0.29, 0.717) is 5.69 Å². The van der Waals surface area contributed by atoms with Crippen LogP contribution < -0.4 is 10.1 Å². The molecule has 2 aromatic carbocycles. The first-order valence-electron chi connectivity index (χ1n) is 9.44. The van der Waals surface area contributed by atoms with Crippen molar-refractivity contribution in [3.63, 3.8) is 0 Å². The lowest BCUT2D eigenvalue weighted by atomic mass is 10.2. The van der Waals surface area contributed by atoms with E-state index in [0.717, 1.165) is 9.87 Å². The highest BCUT2D eigenvalue weighted by atomic mass is 35.5. The van der Waals surface area contributed by atoms with Gasteiger partial charge < -0.3 is 10.1 Å². The van der Waals surface area contributed by atoms with Crippen molar-refractivity contribution in [2.75, 3.05) is 13.7 Å². The van der Waals surface area contributed by atoms with Crippen LogP contribution in [0.15, 0.2) is 77.8 Å². The maximum Gasteiger partial charge on any atom is 0.247 e. The quantitative estimate of drug-likeness (QED) is 0.530. The van der Waals surface area contributed by atoms with Crippen molar-refractivity contribution in [3.05, 3.63) is 89.2 Å². The van der Waals surface area contributed by atoms with E-state index in [2.05, 4.69) is 10.3 Å². The number of hydrogen-bond donors (Lipinski definition) is 1. The molecule has 0 saturated heterocycles. The number of nitrogens with zero attached hydrogens (tertiary/aromatic N) is 2. The Hall–Kier alpha value is -2.94. The van der Waals surface area contributed by atoms with Crippen LogP contribution in [0.25, 0.3) is 0 Å². The largest absolute Gasteiger partial charge is 0.495 e. The minimum Gasteiger partial charge on any atom is -0.495 e. The van der Waals surface area contributed by atoms with Crippen LogP contribution in [0, 0.1) is 0 Å². The molecule has 1 amide bonds. The van der Waals surface area contributed by atoms with Crippen molar-refractivity contribution >= 4 is 27.5 Å². The van der Waals surface area contributed by atoms with Crippen LogP contribution in [0.2, 0.25) is 5.02 Å².